The fourth-order valence-electron chi connectivity index (χ4n) is 1.88. The molecule has 2 aromatic rings. The summed E-state index contributed by atoms with van der Waals surface area (Å²) >= 11 is 3.38. The van der Waals surface area contributed by atoms with Crippen molar-refractivity contribution in [2.24, 2.45) is 0 Å². The fraction of sp³-hybridized carbons (Fsp3) is 0.158. The summed E-state index contributed by atoms with van der Waals surface area (Å²) in [4.78, 5) is 23.2. The second-order valence-corrected chi connectivity index (χ2v) is 5.83. The largest absolute Gasteiger partial charge is 0.492 e. The number of amides is 1. The van der Waals surface area contributed by atoms with Crippen LogP contribution >= 0.6 is 15.9 Å². The van der Waals surface area contributed by atoms with Crippen LogP contribution in [0.5, 0.6) is 5.75 Å². The summed E-state index contributed by atoms with van der Waals surface area (Å²) in [7, 11) is 0. The molecule has 5 nitrogen and oxygen atoms in total. The van der Waals surface area contributed by atoms with Crippen LogP contribution in [0.25, 0.3) is 6.08 Å². The second kappa shape index (κ2) is 10.3. The van der Waals surface area contributed by atoms with Crippen LogP contribution in [0.1, 0.15) is 5.56 Å². The molecule has 0 saturated carbocycles. The Morgan fingerprint density at radius 2 is 1.76 bits per heavy atom. The number of halogens is 1. The van der Waals surface area contributed by atoms with Crippen molar-refractivity contribution in [3.8, 4) is 5.75 Å². The lowest BCUT2D eigenvalue weighted by molar-refractivity contribution is -0.143. The summed E-state index contributed by atoms with van der Waals surface area (Å²) in [6, 6.07) is 16.8. The Morgan fingerprint density at radius 1 is 1.04 bits per heavy atom. The van der Waals surface area contributed by atoms with E-state index in [4.69, 9.17) is 9.47 Å². The summed E-state index contributed by atoms with van der Waals surface area (Å²) in [6.07, 6.45) is 2.91. The Labute approximate surface area is 154 Å². The van der Waals surface area contributed by atoms with E-state index in [9.17, 15) is 9.59 Å². The third kappa shape index (κ3) is 7.22. The maximum absolute atomic E-state index is 11.6. The van der Waals surface area contributed by atoms with E-state index in [1.165, 1.54) is 6.08 Å². The highest BCUT2D eigenvalue weighted by Crippen LogP contribution is 2.17. The van der Waals surface area contributed by atoms with E-state index < -0.39 is 5.97 Å². The van der Waals surface area contributed by atoms with E-state index in [2.05, 4.69) is 21.2 Å². The molecule has 0 atom stereocenters. The quantitative estimate of drug-likeness (QED) is 0.417. The van der Waals surface area contributed by atoms with Crippen LogP contribution in [0.4, 0.5) is 0 Å². The molecule has 0 aliphatic heterocycles. The van der Waals surface area contributed by atoms with Gasteiger partial charge in [-0.25, -0.2) is 4.79 Å². The van der Waals surface area contributed by atoms with E-state index in [1.807, 2.05) is 54.6 Å². The molecule has 0 heterocycles. The number of rotatable bonds is 8. The standard InChI is InChI=1S/C19H18BrNO4/c20-17-9-5-4-6-15(17)10-11-19(23)25-14-18(22)21-12-13-24-16-7-2-1-3-8-16/h1-11H,12-14H2,(H,21,22)/b11-10+. The second-order valence-electron chi connectivity index (χ2n) is 4.97. The summed E-state index contributed by atoms with van der Waals surface area (Å²) in [6.45, 7) is 0.341. The van der Waals surface area contributed by atoms with Crippen LogP contribution < -0.4 is 10.1 Å². The Hall–Kier alpha value is -2.60. The smallest absolute Gasteiger partial charge is 0.331 e. The molecule has 0 aliphatic carbocycles. The number of ether oxygens (including phenoxy) is 2. The number of carbonyl (C=O) groups is 2. The van der Waals surface area contributed by atoms with Crippen molar-refractivity contribution >= 4 is 33.9 Å². The van der Waals surface area contributed by atoms with Gasteiger partial charge in [0.25, 0.3) is 5.91 Å². The van der Waals surface area contributed by atoms with Crippen LogP contribution in [0.3, 0.4) is 0 Å². The minimum absolute atomic E-state index is 0.329. The highest BCUT2D eigenvalue weighted by molar-refractivity contribution is 9.10. The van der Waals surface area contributed by atoms with Crippen LogP contribution in [-0.4, -0.2) is 31.6 Å². The molecular formula is C19H18BrNO4. The first-order valence-corrected chi connectivity index (χ1v) is 8.48. The van der Waals surface area contributed by atoms with Gasteiger partial charge in [0.05, 0.1) is 6.54 Å². The highest BCUT2D eigenvalue weighted by Gasteiger charge is 2.05. The summed E-state index contributed by atoms with van der Waals surface area (Å²) < 4.78 is 11.2. The van der Waals surface area contributed by atoms with E-state index in [0.717, 1.165) is 15.8 Å². The van der Waals surface area contributed by atoms with Crippen molar-refractivity contribution in [1.82, 2.24) is 5.32 Å². The van der Waals surface area contributed by atoms with Gasteiger partial charge >= 0.3 is 5.97 Å². The van der Waals surface area contributed by atoms with Gasteiger partial charge in [-0.3, -0.25) is 4.79 Å². The van der Waals surface area contributed by atoms with Gasteiger partial charge in [-0.2, -0.15) is 0 Å². The first-order valence-electron chi connectivity index (χ1n) is 7.69. The van der Waals surface area contributed by atoms with E-state index in [-0.39, 0.29) is 12.5 Å². The Bertz CT molecular complexity index is 731. The highest BCUT2D eigenvalue weighted by atomic mass is 79.9. The van der Waals surface area contributed by atoms with E-state index >= 15 is 0 Å². The van der Waals surface area contributed by atoms with Crippen molar-refractivity contribution in [3.63, 3.8) is 0 Å². The van der Waals surface area contributed by atoms with E-state index in [1.54, 1.807) is 6.08 Å². The SMILES string of the molecule is O=C(COC(=O)/C=C/c1ccccc1Br)NCCOc1ccccc1. The monoisotopic (exact) mass is 403 g/mol. The van der Waals surface area contributed by atoms with Gasteiger partial charge < -0.3 is 14.8 Å². The maximum Gasteiger partial charge on any atom is 0.331 e. The lowest BCUT2D eigenvalue weighted by Gasteiger charge is -2.07. The van der Waals surface area contributed by atoms with Crippen molar-refractivity contribution < 1.29 is 19.1 Å². The molecule has 0 radical (unpaired) electrons. The molecule has 0 aliphatic rings. The summed E-state index contributed by atoms with van der Waals surface area (Å²) in [5.41, 5.74) is 0.849. The van der Waals surface area contributed by atoms with Crippen LogP contribution in [0.15, 0.2) is 65.1 Å². The third-order valence-electron chi connectivity index (χ3n) is 3.09. The molecule has 0 spiro atoms. The first-order chi connectivity index (χ1) is 12.1. The zero-order chi connectivity index (χ0) is 17.9. The van der Waals surface area contributed by atoms with Gasteiger partial charge in [-0.1, -0.05) is 52.3 Å². The molecule has 0 fully saturated rings. The minimum atomic E-state index is -0.577. The van der Waals surface area contributed by atoms with Gasteiger partial charge in [0.2, 0.25) is 0 Å². The average Bonchev–Trinajstić information content (AvgIpc) is 2.64. The molecule has 2 aromatic carbocycles. The fourth-order valence-corrected chi connectivity index (χ4v) is 2.30. The molecule has 1 N–H and O–H groups in total. The molecule has 2 rings (SSSR count). The molecular weight excluding hydrogens is 386 g/mol. The molecule has 1 amide bonds. The van der Waals surface area contributed by atoms with Crippen LogP contribution in [0.2, 0.25) is 0 Å². The molecule has 0 bridgehead atoms. The van der Waals surface area contributed by atoms with E-state index in [0.29, 0.717) is 13.2 Å². The molecule has 130 valence electrons. The van der Waals surface area contributed by atoms with Gasteiger partial charge in [-0.15, -0.1) is 0 Å². The minimum Gasteiger partial charge on any atom is -0.492 e. The zero-order valence-electron chi connectivity index (χ0n) is 13.5. The van der Waals surface area contributed by atoms with Crippen LogP contribution in [-0.2, 0) is 14.3 Å². The number of benzene rings is 2. The number of carbonyl (C=O) groups excluding carboxylic acids is 2. The maximum atomic E-state index is 11.6. The number of hydrogen-bond acceptors (Lipinski definition) is 4. The van der Waals surface area contributed by atoms with Crippen LogP contribution in [0, 0.1) is 0 Å². The number of para-hydroxylation sites is 1. The molecule has 25 heavy (non-hydrogen) atoms. The number of nitrogens with one attached hydrogen (secondary N) is 1. The predicted octanol–water partition coefficient (Wildman–Crippen LogP) is 3.20. The molecule has 0 saturated heterocycles. The average molecular weight is 404 g/mol. The first kappa shape index (κ1) is 18.7. The third-order valence-corrected chi connectivity index (χ3v) is 3.81. The number of esters is 1. The molecule has 0 aromatic heterocycles. The summed E-state index contributed by atoms with van der Waals surface area (Å²) in [5.74, 6) is -0.217. The normalized spacial score (nSPS) is 10.4. The molecule has 6 heteroatoms. The Kier molecular flexibility index (Phi) is 7.72. The zero-order valence-corrected chi connectivity index (χ0v) is 15.1. The summed E-state index contributed by atoms with van der Waals surface area (Å²) in [5, 5.41) is 2.62. The van der Waals surface area contributed by atoms with Crippen molar-refractivity contribution in [2.45, 2.75) is 0 Å². The number of hydrogen-bond donors (Lipinski definition) is 1. The predicted molar refractivity (Wildman–Crippen MR) is 99.1 cm³/mol. The van der Waals surface area contributed by atoms with Crippen molar-refractivity contribution in [1.29, 1.82) is 0 Å². The van der Waals surface area contributed by atoms with Crippen molar-refractivity contribution in [2.75, 3.05) is 19.8 Å². The Balaban J connectivity index is 1.62. The topological polar surface area (TPSA) is 64.6 Å². The lowest BCUT2D eigenvalue weighted by Crippen LogP contribution is -2.31. The van der Waals surface area contributed by atoms with Gasteiger partial charge in [-0.05, 0) is 29.8 Å². The van der Waals surface area contributed by atoms with Gasteiger partial charge in [0, 0.05) is 10.5 Å². The van der Waals surface area contributed by atoms with Gasteiger partial charge in [0.1, 0.15) is 12.4 Å². The Morgan fingerprint density at radius 3 is 2.52 bits per heavy atom. The van der Waals surface area contributed by atoms with Gasteiger partial charge in [0.15, 0.2) is 6.61 Å². The molecule has 0 unspecified atom stereocenters. The lowest BCUT2D eigenvalue weighted by atomic mass is 10.2. The van der Waals surface area contributed by atoms with Crippen molar-refractivity contribution in [3.05, 3.63) is 70.7 Å².